The molecule has 0 saturated carbocycles. The number of carbonyl (C=O) groups excluding carboxylic acids is 1. The summed E-state index contributed by atoms with van der Waals surface area (Å²) in [6, 6.07) is 15.7. The number of hydrogen-bond acceptors (Lipinski definition) is 3. The van der Waals surface area contributed by atoms with Gasteiger partial charge in [0.05, 0.1) is 10.5 Å². The fourth-order valence-electron chi connectivity index (χ4n) is 4.81. The first kappa shape index (κ1) is 20.6. The minimum absolute atomic E-state index is 0.00190. The average Bonchev–Trinajstić information content (AvgIpc) is 3.11. The van der Waals surface area contributed by atoms with Gasteiger partial charge in [-0.3, -0.25) is 4.79 Å². The van der Waals surface area contributed by atoms with E-state index in [1.807, 2.05) is 38.1 Å². The molecule has 0 unspecified atom stereocenters. The third-order valence-corrected chi connectivity index (χ3v) is 7.37. The highest BCUT2D eigenvalue weighted by molar-refractivity contribution is 7.86. The Hall–Kier alpha value is -3.25. The van der Waals surface area contributed by atoms with Gasteiger partial charge >= 0.3 is 10.2 Å². The minimum atomic E-state index is -4.75. The van der Waals surface area contributed by atoms with Crippen LogP contribution in [-0.4, -0.2) is 19.2 Å². The Morgan fingerprint density at radius 3 is 2.25 bits per heavy atom. The lowest BCUT2D eigenvalue weighted by atomic mass is 9.70. The van der Waals surface area contributed by atoms with Gasteiger partial charge in [0, 0.05) is 27.6 Å². The molecule has 5 rings (SSSR count). The number of rotatable bonds is 2. The van der Waals surface area contributed by atoms with Gasteiger partial charge in [0.15, 0.2) is 5.78 Å². The number of hydrogen-bond donors (Lipinski definition) is 1. The summed E-state index contributed by atoms with van der Waals surface area (Å²) in [4.78, 5) is 16.7. The van der Waals surface area contributed by atoms with Gasteiger partial charge in [-0.15, -0.1) is 3.89 Å². The number of H-pyrrole nitrogens is 1. The Kier molecular flexibility index (Phi) is 4.27. The van der Waals surface area contributed by atoms with E-state index in [9.17, 15) is 17.1 Å². The molecule has 1 aliphatic rings. The van der Waals surface area contributed by atoms with E-state index < -0.39 is 15.6 Å². The summed E-state index contributed by atoms with van der Waals surface area (Å²) in [6.07, 6.45) is 0. The number of aromatic amines is 1. The number of aromatic nitrogens is 1. The molecule has 0 aliphatic heterocycles. The van der Waals surface area contributed by atoms with Crippen LogP contribution in [0.5, 0.6) is 0 Å². The molecular formula is C26H22FNO3S. The van der Waals surface area contributed by atoms with Gasteiger partial charge in [0.1, 0.15) is 0 Å². The summed E-state index contributed by atoms with van der Waals surface area (Å²) in [5.74, 6) is -0.00190. The molecule has 0 amide bonds. The van der Waals surface area contributed by atoms with E-state index >= 15 is 0 Å². The van der Waals surface area contributed by atoms with Crippen LogP contribution in [0.15, 0.2) is 59.5 Å². The standard InChI is InChI=1S/C26H22FNO3S/c1-14-5-10-18-22(11-14)28-25-23(18)24(29)20-12-15(2)19(13-21(20)26(25,3)4)16-6-8-17(9-7-16)32(27,30)31/h5-13,28H,1-4H3. The third kappa shape index (κ3) is 2.93. The van der Waals surface area contributed by atoms with E-state index in [0.29, 0.717) is 5.56 Å². The molecule has 1 aliphatic carbocycles. The van der Waals surface area contributed by atoms with Crippen molar-refractivity contribution < 1.29 is 17.1 Å². The zero-order valence-electron chi connectivity index (χ0n) is 18.2. The first-order valence-corrected chi connectivity index (χ1v) is 11.7. The highest BCUT2D eigenvalue weighted by Gasteiger charge is 2.40. The molecule has 0 saturated heterocycles. The zero-order chi connectivity index (χ0) is 23.0. The van der Waals surface area contributed by atoms with Gasteiger partial charge in [-0.2, -0.15) is 8.42 Å². The molecule has 0 bridgehead atoms. The maximum Gasteiger partial charge on any atom is 0.332 e. The van der Waals surface area contributed by atoms with Crippen LogP contribution < -0.4 is 0 Å². The molecule has 0 atom stereocenters. The van der Waals surface area contributed by atoms with E-state index in [2.05, 4.69) is 24.9 Å². The smallest absolute Gasteiger partial charge is 0.332 e. The Bertz CT molecular complexity index is 1540. The number of carbonyl (C=O) groups is 1. The second-order valence-corrected chi connectivity index (χ2v) is 10.4. The quantitative estimate of drug-likeness (QED) is 0.384. The SMILES string of the molecule is Cc1ccc2c3c([nH]c2c1)C(C)(C)c1cc(-c2ccc(S(=O)(=O)F)cc2)c(C)cc1C3=O. The monoisotopic (exact) mass is 447 g/mol. The largest absolute Gasteiger partial charge is 0.357 e. The predicted octanol–water partition coefficient (Wildman–Crippen LogP) is 5.98. The van der Waals surface area contributed by atoms with Crippen LogP contribution in [0.1, 0.15) is 52.2 Å². The third-order valence-electron chi connectivity index (χ3n) is 6.54. The van der Waals surface area contributed by atoms with Crippen molar-refractivity contribution in [3.05, 3.63) is 88.1 Å². The summed E-state index contributed by atoms with van der Waals surface area (Å²) in [6.45, 7) is 8.13. The second kappa shape index (κ2) is 6.62. The molecule has 1 N–H and O–H groups in total. The van der Waals surface area contributed by atoms with Gasteiger partial charge in [-0.25, -0.2) is 0 Å². The van der Waals surface area contributed by atoms with Crippen LogP contribution in [0, 0.1) is 13.8 Å². The summed E-state index contributed by atoms with van der Waals surface area (Å²) < 4.78 is 35.6. The molecule has 1 heterocycles. The van der Waals surface area contributed by atoms with E-state index in [0.717, 1.165) is 50.0 Å². The fourth-order valence-corrected chi connectivity index (χ4v) is 5.27. The van der Waals surface area contributed by atoms with Gasteiger partial charge in [-0.05, 0) is 72.0 Å². The Morgan fingerprint density at radius 1 is 0.906 bits per heavy atom. The number of fused-ring (bicyclic) bond motifs is 4. The number of nitrogens with one attached hydrogen (secondary N) is 1. The number of ketones is 1. The summed E-state index contributed by atoms with van der Waals surface area (Å²) >= 11 is 0. The molecule has 162 valence electrons. The zero-order valence-corrected chi connectivity index (χ0v) is 19.0. The lowest BCUT2D eigenvalue weighted by molar-refractivity contribution is 0.103. The normalized spacial score (nSPS) is 15.0. The van der Waals surface area contributed by atoms with Crippen LogP contribution in [0.4, 0.5) is 3.89 Å². The molecule has 3 aromatic carbocycles. The number of benzene rings is 3. The first-order valence-electron chi connectivity index (χ1n) is 10.4. The highest BCUT2D eigenvalue weighted by atomic mass is 32.3. The average molecular weight is 448 g/mol. The van der Waals surface area contributed by atoms with Gasteiger partial charge in [0.25, 0.3) is 0 Å². The maximum absolute atomic E-state index is 13.6. The molecule has 4 aromatic rings. The van der Waals surface area contributed by atoms with E-state index in [1.165, 1.54) is 12.1 Å². The first-order chi connectivity index (χ1) is 15.0. The molecule has 0 spiro atoms. The van der Waals surface area contributed by atoms with Crippen molar-refractivity contribution in [2.24, 2.45) is 0 Å². The summed E-state index contributed by atoms with van der Waals surface area (Å²) in [5.41, 5.74) is 7.35. The van der Waals surface area contributed by atoms with E-state index in [-0.39, 0.29) is 10.7 Å². The van der Waals surface area contributed by atoms with Crippen molar-refractivity contribution in [1.29, 1.82) is 0 Å². The van der Waals surface area contributed by atoms with E-state index in [4.69, 9.17) is 0 Å². The molecule has 4 nitrogen and oxygen atoms in total. The van der Waals surface area contributed by atoms with Crippen molar-refractivity contribution in [3.8, 4) is 11.1 Å². The fraction of sp³-hybridized carbons (Fsp3) is 0.192. The number of halogens is 1. The summed E-state index contributed by atoms with van der Waals surface area (Å²) in [5, 5.41) is 0.930. The molecule has 6 heteroatoms. The summed E-state index contributed by atoms with van der Waals surface area (Å²) in [7, 11) is -4.75. The van der Waals surface area contributed by atoms with Crippen molar-refractivity contribution in [2.45, 2.75) is 38.0 Å². The Morgan fingerprint density at radius 2 is 1.59 bits per heavy atom. The molecule has 32 heavy (non-hydrogen) atoms. The van der Waals surface area contributed by atoms with Crippen LogP contribution in [0.25, 0.3) is 22.0 Å². The van der Waals surface area contributed by atoms with Gasteiger partial charge in [0.2, 0.25) is 0 Å². The molecule has 1 aromatic heterocycles. The maximum atomic E-state index is 13.6. The van der Waals surface area contributed by atoms with Crippen molar-refractivity contribution in [3.63, 3.8) is 0 Å². The lowest BCUT2D eigenvalue weighted by Gasteiger charge is -2.33. The van der Waals surface area contributed by atoms with Gasteiger partial charge in [-0.1, -0.05) is 38.1 Å². The van der Waals surface area contributed by atoms with Crippen molar-refractivity contribution in [2.75, 3.05) is 0 Å². The Labute approximate surface area is 186 Å². The van der Waals surface area contributed by atoms with Crippen molar-refractivity contribution in [1.82, 2.24) is 4.98 Å². The van der Waals surface area contributed by atoms with Crippen LogP contribution in [0.2, 0.25) is 0 Å². The predicted molar refractivity (Wildman–Crippen MR) is 124 cm³/mol. The lowest BCUT2D eigenvalue weighted by Crippen LogP contribution is -2.30. The van der Waals surface area contributed by atoms with Crippen molar-refractivity contribution >= 4 is 26.9 Å². The number of aryl methyl sites for hydroxylation is 2. The molecule has 0 radical (unpaired) electrons. The van der Waals surface area contributed by atoms with Crippen LogP contribution >= 0.6 is 0 Å². The van der Waals surface area contributed by atoms with Gasteiger partial charge < -0.3 is 4.98 Å². The molecule has 0 fully saturated rings. The molecular weight excluding hydrogens is 425 g/mol. The van der Waals surface area contributed by atoms with E-state index in [1.54, 1.807) is 12.1 Å². The second-order valence-electron chi connectivity index (χ2n) is 9.05. The van der Waals surface area contributed by atoms with Crippen LogP contribution in [-0.2, 0) is 15.6 Å². The highest BCUT2D eigenvalue weighted by Crippen LogP contribution is 2.45. The topological polar surface area (TPSA) is 67.0 Å². The minimum Gasteiger partial charge on any atom is -0.357 e. The Balaban J connectivity index is 1.71. The van der Waals surface area contributed by atoms with Crippen LogP contribution in [0.3, 0.4) is 0 Å².